The van der Waals surface area contributed by atoms with Crippen LogP contribution >= 0.6 is 11.3 Å². The molecule has 1 N–H and O–H groups in total. The smallest absolute Gasteiger partial charge is 0.255 e. The van der Waals surface area contributed by atoms with Crippen LogP contribution in [0, 0.1) is 0 Å². The molecule has 1 amide bonds. The van der Waals surface area contributed by atoms with Gasteiger partial charge in [-0.25, -0.2) is 0 Å². The summed E-state index contributed by atoms with van der Waals surface area (Å²) in [5.41, 5.74) is 4.14. The lowest BCUT2D eigenvalue weighted by Crippen LogP contribution is -2.31. The van der Waals surface area contributed by atoms with Crippen LogP contribution in [0.15, 0.2) is 52.5 Å². The second-order valence-corrected chi connectivity index (χ2v) is 7.04. The molecule has 126 valence electrons. The molecule has 0 saturated carbocycles. The minimum Gasteiger partial charge on any atom is -0.506 e. The lowest BCUT2D eigenvalue weighted by molar-refractivity contribution is -0.124. The fraction of sp³-hybridized carbons (Fsp3) is 0.158. The van der Waals surface area contributed by atoms with Gasteiger partial charge in [0, 0.05) is 19.5 Å². The number of benzene rings is 1. The number of fused-ring (bicyclic) bond motifs is 3. The summed E-state index contributed by atoms with van der Waals surface area (Å²) in [5, 5.41) is 18.0. The number of hydrogen-bond acceptors (Lipinski definition) is 5. The van der Waals surface area contributed by atoms with Crippen LogP contribution in [0.4, 0.5) is 0 Å². The maximum atomic E-state index is 12.8. The first kappa shape index (κ1) is 15.7. The maximum Gasteiger partial charge on any atom is 0.255 e. The molecule has 0 bridgehead atoms. The molecule has 0 saturated heterocycles. The van der Waals surface area contributed by atoms with Crippen molar-refractivity contribution in [2.24, 2.45) is 5.10 Å². The molecule has 0 atom stereocenters. The van der Waals surface area contributed by atoms with Gasteiger partial charge in [-0.1, -0.05) is 30.3 Å². The van der Waals surface area contributed by atoms with Gasteiger partial charge < -0.3 is 10.0 Å². The summed E-state index contributed by atoms with van der Waals surface area (Å²) < 4.78 is 0. The van der Waals surface area contributed by atoms with Gasteiger partial charge in [0.2, 0.25) is 0 Å². The Morgan fingerprint density at radius 1 is 1.28 bits per heavy atom. The number of likely N-dealkylation sites (N-methyl/N-ethyl adjacent to an activating group) is 1. The summed E-state index contributed by atoms with van der Waals surface area (Å²) in [6.45, 7) is 0.582. The predicted octanol–water partition coefficient (Wildman–Crippen LogP) is 3.00. The van der Waals surface area contributed by atoms with Gasteiger partial charge in [-0.15, -0.1) is 11.3 Å². The molecule has 0 spiro atoms. The quantitative estimate of drug-likeness (QED) is 0.905. The number of hydrogen-bond donors (Lipinski definition) is 1. The van der Waals surface area contributed by atoms with Crippen LogP contribution in [0.2, 0.25) is 0 Å². The molecule has 2 aromatic rings. The zero-order chi connectivity index (χ0) is 17.6. The van der Waals surface area contributed by atoms with E-state index in [9.17, 15) is 9.90 Å². The molecule has 0 unspecified atom stereocenters. The van der Waals surface area contributed by atoms with E-state index in [-0.39, 0.29) is 11.7 Å². The highest BCUT2D eigenvalue weighted by molar-refractivity contribution is 7.11. The van der Waals surface area contributed by atoms with E-state index in [0.29, 0.717) is 17.7 Å². The van der Waals surface area contributed by atoms with Crippen LogP contribution < -0.4 is 0 Å². The SMILES string of the molecule is CN(C)C(=O)C1=C2c3scc(O)c3C=NN2CC(c2ccccc2)=C1. The molecule has 4 rings (SSSR count). The third-order valence-corrected chi connectivity index (χ3v) is 5.27. The van der Waals surface area contributed by atoms with Gasteiger partial charge in [0.15, 0.2) is 0 Å². The van der Waals surface area contributed by atoms with Gasteiger partial charge in [0.25, 0.3) is 5.91 Å². The van der Waals surface area contributed by atoms with Crippen molar-refractivity contribution in [3.05, 3.63) is 63.4 Å². The summed E-state index contributed by atoms with van der Waals surface area (Å²) >= 11 is 1.43. The zero-order valence-electron chi connectivity index (χ0n) is 13.9. The van der Waals surface area contributed by atoms with Crippen molar-refractivity contribution in [3.63, 3.8) is 0 Å². The summed E-state index contributed by atoms with van der Waals surface area (Å²) in [4.78, 5) is 15.3. The highest BCUT2D eigenvalue weighted by Crippen LogP contribution is 2.42. The van der Waals surface area contributed by atoms with Gasteiger partial charge in [-0.2, -0.15) is 5.10 Å². The number of rotatable bonds is 2. The molecule has 0 fully saturated rings. The molecule has 2 aliphatic heterocycles. The molecule has 6 heteroatoms. The Kier molecular flexibility index (Phi) is 3.69. The summed E-state index contributed by atoms with van der Waals surface area (Å²) in [6, 6.07) is 10.0. The molecule has 0 radical (unpaired) electrons. The Hall–Kier alpha value is -2.86. The van der Waals surface area contributed by atoms with Gasteiger partial charge in [-0.3, -0.25) is 9.80 Å². The molecule has 1 aromatic carbocycles. The van der Waals surface area contributed by atoms with Crippen LogP contribution in [0.5, 0.6) is 5.75 Å². The number of nitrogens with zero attached hydrogens (tertiary/aromatic N) is 3. The molecule has 3 heterocycles. The summed E-state index contributed by atoms with van der Waals surface area (Å²) in [5.74, 6) is 0.120. The van der Waals surface area contributed by atoms with Crippen LogP contribution in [-0.2, 0) is 4.79 Å². The van der Waals surface area contributed by atoms with Crippen molar-refractivity contribution in [2.75, 3.05) is 20.6 Å². The highest BCUT2D eigenvalue weighted by Gasteiger charge is 2.32. The van der Waals surface area contributed by atoms with E-state index < -0.39 is 0 Å². The minimum atomic E-state index is -0.0796. The van der Waals surface area contributed by atoms with Crippen molar-refractivity contribution >= 4 is 34.7 Å². The van der Waals surface area contributed by atoms with E-state index >= 15 is 0 Å². The Balaban J connectivity index is 1.93. The lowest BCUT2D eigenvalue weighted by atomic mass is 9.95. The Labute approximate surface area is 149 Å². The van der Waals surface area contributed by atoms with Gasteiger partial charge >= 0.3 is 0 Å². The monoisotopic (exact) mass is 351 g/mol. The Bertz CT molecular complexity index is 939. The van der Waals surface area contributed by atoms with E-state index in [0.717, 1.165) is 21.7 Å². The van der Waals surface area contributed by atoms with E-state index in [2.05, 4.69) is 5.10 Å². The van der Waals surface area contributed by atoms with Crippen LogP contribution in [0.1, 0.15) is 16.0 Å². The average molecular weight is 351 g/mol. The largest absolute Gasteiger partial charge is 0.506 e. The first-order valence-electron chi connectivity index (χ1n) is 7.90. The number of hydrazone groups is 1. The topological polar surface area (TPSA) is 56.1 Å². The van der Waals surface area contributed by atoms with Crippen molar-refractivity contribution in [3.8, 4) is 5.75 Å². The van der Waals surface area contributed by atoms with Crippen LogP contribution in [0.25, 0.3) is 11.3 Å². The molecule has 5 nitrogen and oxygen atoms in total. The highest BCUT2D eigenvalue weighted by atomic mass is 32.1. The standard InChI is InChI=1S/C19H17N3O2S/c1-21(2)19(24)14-8-13(12-6-4-3-5-7-12)10-22-17(14)18-15(9-20-22)16(23)11-25-18/h3-9,11,23H,10H2,1-2H3. The number of amides is 1. The van der Waals surface area contributed by atoms with E-state index in [1.165, 1.54) is 11.3 Å². The maximum absolute atomic E-state index is 12.8. The second-order valence-electron chi connectivity index (χ2n) is 6.16. The fourth-order valence-electron chi connectivity index (χ4n) is 3.03. The second kappa shape index (κ2) is 5.89. The average Bonchev–Trinajstić information content (AvgIpc) is 3.02. The number of thiophene rings is 1. The van der Waals surface area contributed by atoms with Crippen LogP contribution in [-0.4, -0.2) is 47.8 Å². The molecule has 25 heavy (non-hydrogen) atoms. The van der Waals surface area contributed by atoms with Gasteiger partial charge in [0.1, 0.15) is 5.75 Å². The normalized spacial score (nSPS) is 15.6. The number of carbonyl (C=O) groups is 1. The third kappa shape index (κ3) is 2.55. The predicted molar refractivity (Wildman–Crippen MR) is 100 cm³/mol. The van der Waals surface area contributed by atoms with Gasteiger partial charge in [0.05, 0.1) is 34.5 Å². The third-order valence-electron chi connectivity index (χ3n) is 4.28. The first-order valence-corrected chi connectivity index (χ1v) is 8.78. The molecular formula is C19H17N3O2S. The van der Waals surface area contributed by atoms with Crippen molar-refractivity contribution < 1.29 is 9.90 Å². The van der Waals surface area contributed by atoms with E-state index in [1.54, 1.807) is 30.6 Å². The Morgan fingerprint density at radius 3 is 2.76 bits per heavy atom. The van der Waals surface area contributed by atoms with Crippen molar-refractivity contribution in [1.29, 1.82) is 0 Å². The molecule has 0 aliphatic carbocycles. The zero-order valence-corrected chi connectivity index (χ0v) is 14.7. The molecule has 2 aliphatic rings. The fourth-order valence-corrected chi connectivity index (χ4v) is 4.00. The number of carbonyl (C=O) groups excluding carboxylic acids is 1. The Morgan fingerprint density at radius 2 is 2.04 bits per heavy atom. The van der Waals surface area contributed by atoms with Crippen molar-refractivity contribution in [1.82, 2.24) is 9.91 Å². The lowest BCUT2D eigenvalue weighted by Gasteiger charge is -2.32. The van der Waals surface area contributed by atoms with E-state index in [4.69, 9.17) is 0 Å². The van der Waals surface area contributed by atoms with E-state index in [1.807, 2.05) is 41.4 Å². The van der Waals surface area contributed by atoms with Crippen molar-refractivity contribution in [2.45, 2.75) is 0 Å². The summed E-state index contributed by atoms with van der Waals surface area (Å²) in [6.07, 6.45) is 3.61. The molecular weight excluding hydrogens is 334 g/mol. The van der Waals surface area contributed by atoms with Crippen LogP contribution in [0.3, 0.4) is 0 Å². The van der Waals surface area contributed by atoms with Gasteiger partial charge in [-0.05, 0) is 17.2 Å². The first-order chi connectivity index (χ1) is 12.1. The number of aromatic hydroxyl groups is 1. The molecule has 1 aromatic heterocycles. The summed E-state index contributed by atoms with van der Waals surface area (Å²) in [7, 11) is 3.48. The minimum absolute atomic E-state index is 0.0796.